The van der Waals surface area contributed by atoms with Crippen LogP contribution in [0.2, 0.25) is 0 Å². The zero-order valence-corrected chi connectivity index (χ0v) is 7.64. The molecule has 2 unspecified atom stereocenters. The summed E-state index contributed by atoms with van der Waals surface area (Å²) in [6.07, 6.45) is 3.55. The van der Waals surface area contributed by atoms with Gasteiger partial charge in [0.15, 0.2) is 0 Å². The Labute approximate surface area is 77.9 Å². The average molecular weight is 192 g/mol. The van der Waals surface area contributed by atoms with Crippen LogP contribution in [0.4, 0.5) is 0 Å². The van der Waals surface area contributed by atoms with Crippen molar-refractivity contribution in [1.29, 1.82) is 0 Å². The van der Waals surface area contributed by atoms with Crippen LogP contribution in [0.3, 0.4) is 0 Å². The minimum Gasteiger partial charge on any atom is -0.480 e. The van der Waals surface area contributed by atoms with Gasteiger partial charge in [0.05, 0.1) is 0 Å². The fourth-order valence-electron chi connectivity index (χ4n) is 2.03. The third kappa shape index (κ3) is 1.72. The molecule has 0 bridgehead atoms. The Morgan fingerprint density at radius 2 is 2.00 bits per heavy atom. The van der Waals surface area contributed by atoms with Crippen molar-refractivity contribution in [3.8, 4) is 0 Å². The number of hydrogen-bond donors (Lipinski definition) is 2. The molecule has 12 heavy (non-hydrogen) atoms. The van der Waals surface area contributed by atoms with E-state index in [2.05, 4.69) is 5.32 Å². The first-order valence-corrected chi connectivity index (χ1v) is 4.25. The van der Waals surface area contributed by atoms with E-state index in [9.17, 15) is 4.79 Å². The van der Waals surface area contributed by atoms with Gasteiger partial charge in [-0.25, -0.2) is 0 Å². The molecule has 1 heterocycles. The van der Waals surface area contributed by atoms with E-state index in [-0.39, 0.29) is 18.4 Å². The van der Waals surface area contributed by atoms with Gasteiger partial charge < -0.3 is 10.4 Å². The third-order valence-corrected chi connectivity index (χ3v) is 2.76. The van der Waals surface area contributed by atoms with Gasteiger partial charge in [-0.3, -0.25) is 4.79 Å². The molecule has 4 heteroatoms. The normalized spacial score (nSPS) is 34.3. The summed E-state index contributed by atoms with van der Waals surface area (Å²) in [5.74, 6) is 0.470. The molecule has 2 aliphatic rings. The minimum absolute atomic E-state index is 0. The molecule has 2 atom stereocenters. The van der Waals surface area contributed by atoms with Crippen molar-refractivity contribution >= 4 is 18.4 Å². The van der Waals surface area contributed by atoms with Crippen LogP contribution in [0.25, 0.3) is 0 Å². The Morgan fingerprint density at radius 1 is 1.33 bits per heavy atom. The molecular formula is C8H14ClNO2. The van der Waals surface area contributed by atoms with Crippen molar-refractivity contribution in [3.63, 3.8) is 0 Å². The molecule has 3 nitrogen and oxygen atoms in total. The van der Waals surface area contributed by atoms with Crippen LogP contribution in [0.1, 0.15) is 19.3 Å². The molecule has 0 spiro atoms. The predicted molar refractivity (Wildman–Crippen MR) is 47.5 cm³/mol. The lowest BCUT2D eigenvalue weighted by atomic mass is 9.95. The van der Waals surface area contributed by atoms with Gasteiger partial charge in [0.1, 0.15) is 6.04 Å². The lowest BCUT2D eigenvalue weighted by Crippen LogP contribution is -2.36. The second-order valence-electron chi connectivity index (χ2n) is 3.56. The Morgan fingerprint density at radius 3 is 2.50 bits per heavy atom. The van der Waals surface area contributed by atoms with E-state index in [4.69, 9.17) is 5.11 Å². The number of carboxylic acid groups (broad SMARTS) is 1. The van der Waals surface area contributed by atoms with Gasteiger partial charge in [0, 0.05) is 0 Å². The Kier molecular flexibility index (Phi) is 2.96. The first-order valence-electron chi connectivity index (χ1n) is 4.25. The molecule has 0 aromatic heterocycles. The standard InChI is InChI=1S/C8H13NO2.ClH/c10-8(11)7-6(3-4-9-7)5-1-2-5;/h5-7,9H,1-4H2,(H,10,11);1H. The second kappa shape index (κ2) is 3.62. The summed E-state index contributed by atoms with van der Waals surface area (Å²) in [6, 6.07) is -0.248. The Bertz CT molecular complexity index is 182. The number of rotatable bonds is 2. The summed E-state index contributed by atoms with van der Waals surface area (Å²) in [5.41, 5.74) is 0. The first kappa shape index (κ1) is 9.81. The molecule has 1 aliphatic heterocycles. The van der Waals surface area contributed by atoms with Crippen molar-refractivity contribution < 1.29 is 9.90 Å². The van der Waals surface area contributed by atoms with Crippen LogP contribution in [-0.2, 0) is 4.79 Å². The van der Waals surface area contributed by atoms with Crippen LogP contribution in [-0.4, -0.2) is 23.7 Å². The maximum Gasteiger partial charge on any atom is 0.320 e. The summed E-state index contributed by atoms with van der Waals surface area (Å²) in [4.78, 5) is 10.7. The van der Waals surface area contributed by atoms with Gasteiger partial charge in [-0.15, -0.1) is 12.4 Å². The van der Waals surface area contributed by atoms with E-state index in [0.29, 0.717) is 11.8 Å². The molecule has 2 fully saturated rings. The maximum absolute atomic E-state index is 10.7. The quantitative estimate of drug-likeness (QED) is 0.682. The number of carboxylic acids is 1. The van der Waals surface area contributed by atoms with Crippen molar-refractivity contribution in [3.05, 3.63) is 0 Å². The number of hydrogen-bond acceptors (Lipinski definition) is 2. The van der Waals surface area contributed by atoms with E-state index in [1.807, 2.05) is 0 Å². The fourth-order valence-corrected chi connectivity index (χ4v) is 2.03. The van der Waals surface area contributed by atoms with Crippen LogP contribution in [0, 0.1) is 11.8 Å². The van der Waals surface area contributed by atoms with Gasteiger partial charge in [-0.05, 0) is 37.6 Å². The van der Waals surface area contributed by atoms with E-state index < -0.39 is 5.97 Å². The highest BCUT2D eigenvalue weighted by atomic mass is 35.5. The molecule has 70 valence electrons. The van der Waals surface area contributed by atoms with Gasteiger partial charge in [-0.1, -0.05) is 0 Å². The molecule has 1 saturated carbocycles. The minimum atomic E-state index is -0.667. The average Bonchev–Trinajstić information content (AvgIpc) is 2.68. The lowest BCUT2D eigenvalue weighted by molar-refractivity contribution is -0.140. The van der Waals surface area contributed by atoms with Crippen molar-refractivity contribution in [2.24, 2.45) is 11.8 Å². The zero-order chi connectivity index (χ0) is 7.84. The highest BCUT2D eigenvalue weighted by molar-refractivity contribution is 5.85. The van der Waals surface area contributed by atoms with Gasteiger partial charge in [0.2, 0.25) is 0 Å². The Balaban J connectivity index is 0.000000720. The number of carbonyl (C=O) groups is 1. The summed E-state index contributed by atoms with van der Waals surface area (Å²) < 4.78 is 0. The highest BCUT2D eigenvalue weighted by Crippen LogP contribution is 2.41. The Hall–Kier alpha value is -0.280. The predicted octanol–water partition coefficient (Wildman–Crippen LogP) is 0.881. The number of nitrogens with one attached hydrogen (secondary N) is 1. The molecule has 2 N–H and O–H groups in total. The SMILES string of the molecule is Cl.O=C(O)C1NCCC1C1CC1. The first-order chi connectivity index (χ1) is 5.29. The van der Waals surface area contributed by atoms with Crippen LogP contribution in [0.15, 0.2) is 0 Å². The van der Waals surface area contributed by atoms with Gasteiger partial charge >= 0.3 is 5.97 Å². The van der Waals surface area contributed by atoms with Crippen molar-refractivity contribution in [2.45, 2.75) is 25.3 Å². The summed E-state index contributed by atoms with van der Waals surface area (Å²) in [6.45, 7) is 0.887. The maximum atomic E-state index is 10.7. The number of aliphatic carboxylic acids is 1. The molecule has 0 aromatic rings. The smallest absolute Gasteiger partial charge is 0.320 e. The van der Waals surface area contributed by atoms with E-state index in [1.54, 1.807) is 0 Å². The molecule has 0 amide bonds. The van der Waals surface area contributed by atoms with Crippen LogP contribution in [0.5, 0.6) is 0 Å². The third-order valence-electron chi connectivity index (χ3n) is 2.76. The summed E-state index contributed by atoms with van der Waals surface area (Å²) in [7, 11) is 0. The van der Waals surface area contributed by atoms with Crippen molar-refractivity contribution in [2.75, 3.05) is 6.54 Å². The highest BCUT2D eigenvalue weighted by Gasteiger charge is 2.42. The number of halogens is 1. The monoisotopic (exact) mass is 191 g/mol. The van der Waals surface area contributed by atoms with Gasteiger partial charge in [0.25, 0.3) is 0 Å². The molecule has 1 aliphatic carbocycles. The lowest BCUT2D eigenvalue weighted by Gasteiger charge is -2.13. The largest absolute Gasteiger partial charge is 0.480 e. The van der Waals surface area contributed by atoms with E-state index in [1.165, 1.54) is 12.8 Å². The molecule has 0 aromatic carbocycles. The van der Waals surface area contributed by atoms with E-state index in [0.717, 1.165) is 13.0 Å². The fraction of sp³-hybridized carbons (Fsp3) is 0.875. The van der Waals surface area contributed by atoms with Crippen LogP contribution >= 0.6 is 12.4 Å². The van der Waals surface area contributed by atoms with Gasteiger partial charge in [-0.2, -0.15) is 0 Å². The molecule has 2 rings (SSSR count). The molecular weight excluding hydrogens is 178 g/mol. The summed E-state index contributed by atoms with van der Waals surface area (Å²) >= 11 is 0. The van der Waals surface area contributed by atoms with Crippen LogP contribution < -0.4 is 5.32 Å². The second-order valence-corrected chi connectivity index (χ2v) is 3.56. The molecule has 1 saturated heterocycles. The van der Waals surface area contributed by atoms with Crippen molar-refractivity contribution in [1.82, 2.24) is 5.32 Å². The zero-order valence-electron chi connectivity index (χ0n) is 6.82. The summed E-state index contributed by atoms with van der Waals surface area (Å²) in [5, 5.41) is 11.8. The topological polar surface area (TPSA) is 49.3 Å². The molecule has 0 radical (unpaired) electrons. The van der Waals surface area contributed by atoms with E-state index >= 15 is 0 Å².